The van der Waals surface area contributed by atoms with E-state index in [2.05, 4.69) is 38.7 Å². The number of allylic oxidation sites excluding steroid dienone is 1. The van der Waals surface area contributed by atoms with Crippen LogP contribution in [0.2, 0.25) is 0 Å². The summed E-state index contributed by atoms with van der Waals surface area (Å²) in [4.78, 5) is 37.2. The quantitative estimate of drug-likeness (QED) is 0.169. The van der Waals surface area contributed by atoms with Gasteiger partial charge in [-0.3, -0.25) is 9.36 Å². The number of methoxy groups -OCH3 is 1. The third kappa shape index (κ3) is 8.84. The molecule has 0 aliphatic rings. The molecule has 0 fully saturated rings. The largest absolute Gasteiger partial charge is 0.496 e. The Kier molecular flexibility index (Phi) is 10.9. The number of unbranched alkanes of at least 4 members (excludes halogenated alkanes) is 1. The fourth-order valence-corrected chi connectivity index (χ4v) is 4.76. The molecule has 3 rings (SSSR count). The number of carboxylic acid groups (broad SMARTS) is 1. The van der Waals surface area contributed by atoms with Gasteiger partial charge in [0, 0.05) is 33.7 Å². The number of nitriles is 2. The molecular weight excluding hydrogens is 618 g/mol. The topological polar surface area (TPSA) is 166 Å². The smallest absolute Gasteiger partial charge is 0.407 e. The maximum Gasteiger partial charge on any atom is 0.407 e. The van der Waals surface area contributed by atoms with E-state index in [9.17, 15) is 30.0 Å². The molecule has 43 heavy (non-hydrogen) atoms. The summed E-state index contributed by atoms with van der Waals surface area (Å²) in [6.07, 6.45) is 2.27. The highest BCUT2D eigenvalue weighted by molar-refractivity contribution is 9.10. The van der Waals surface area contributed by atoms with Crippen molar-refractivity contribution in [3.8, 4) is 17.9 Å². The first-order valence-corrected chi connectivity index (χ1v) is 14.2. The maximum absolute atomic E-state index is 13.8. The summed E-state index contributed by atoms with van der Waals surface area (Å²) < 4.78 is 12.7. The molecule has 0 aliphatic carbocycles. The van der Waals surface area contributed by atoms with Crippen molar-refractivity contribution >= 4 is 56.6 Å². The normalized spacial score (nSPS) is 12.1. The van der Waals surface area contributed by atoms with Crippen LogP contribution in [0, 0.1) is 22.7 Å². The summed E-state index contributed by atoms with van der Waals surface area (Å²) in [5, 5.41) is 34.5. The van der Waals surface area contributed by atoms with E-state index in [1.54, 1.807) is 63.2 Å². The lowest BCUT2D eigenvalue weighted by Crippen LogP contribution is -2.42. The van der Waals surface area contributed by atoms with Crippen LogP contribution in [0.5, 0.6) is 5.75 Å². The Labute approximate surface area is 257 Å². The van der Waals surface area contributed by atoms with Gasteiger partial charge in [0.15, 0.2) is 0 Å². The molecule has 2 aromatic carbocycles. The van der Waals surface area contributed by atoms with Crippen LogP contribution in [0.25, 0.3) is 22.6 Å². The van der Waals surface area contributed by atoms with Crippen LogP contribution in [0.15, 0.2) is 47.1 Å². The lowest BCUT2D eigenvalue weighted by Gasteiger charge is -2.20. The molecule has 1 atom stereocenters. The molecule has 0 bridgehead atoms. The first-order chi connectivity index (χ1) is 20.4. The van der Waals surface area contributed by atoms with Crippen molar-refractivity contribution in [1.82, 2.24) is 15.2 Å². The Morgan fingerprint density at radius 3 is 2.51 bits per heavy atom. The highest BCUT2D eigenvalue weighted by Gasteiger charge is 2.25. The van der Waals surface area contributed by atoms with Gasteiger partial charge in [-0.1, -0.05) is 15.9 Å². The number of carbonyl (C=O) groups excluding carboxylic acids is 2. The highest BCUT2D eigenvalue weighted by Crippen LogP contribution is 2.33. The average molecular weight is 651 g/mol. The van der Waals surface area contributed by atoms with Gasteiger partial charge < -0.3 is 25.2 Å². The van der Waals surface area contributed by atoms with E-state index >= 15 is 0 Å². The molecule has 0 saturated carbocycles. The van der Waals surface area contributed by atoms with Gasteiger partial charge in [0.1, 0.15) is 17.4 Å². The minimum atomic E-state index is -1.35. The van der Waals surface area contributed by atoms with E-state index in [0.29, 0.717) is 57.2 Å². The number of ether oxygens (including phenoxy) is 2. The predicted octanol–water partition coefficient (Wildman–Crippen LogP) is 6.32. The summed E-state index contributed by atoms with van der Waals surface area (Å²) in [7, 11) is 1.48. The van der Waals surface area contributed by atoms with Crippen LogP contribution in [0.4, 0.5) is 9.59 Å². The lowest BCUT2D eigenvalue weighted by atomic mass is 10.0. The molecule has 0 spiro atoms. The Hall–Kier alpha value is -4.81. The molecule has 3 N–H and O–H groups in total. The van der Waals surface area contributed by atoms with E-state index in [4.69, 9.17) is 9.47 Å². The van der Waals surface area contributed by atoms with Gasteiger partial charge in [0.25, 0.3) is 5.91 Å². The van der Waals surface area contributed by atoms with Crippen molar-refractivity contribution in [3.05, 3.63) is 63.8 Å². The number of hydrogen-bond acceptors (Lipinski definition) is 7. The van der Waals surface area contributed by atoms with Crippen molar-refractivity contribution in [2.75, 3.05) is 13.7 Å². The zero-order valence-electron chi connectivity index (χ0n) is 24.2. The number of hydrogen-bond donors (Lipinski definition) is 3. The second kappa shape index (κ2) is 14.4. The van der Waals surface area contributed by atoms with Crippen LogP contribution in [-0.4, -0.2) is 53.1 Å². The number of carbonyl (C=O) groups is 3. The third-order valence-electron chi connectivity index (χ3n) is 6.26. The van der Waals surface area contributed by atoms with Crippen molar-refractivity contribution in [3.63, 3.8) is 0 Å². The molecular formula is C31H32BrN5O6. The number of rotatable bonds is 10. The maximum atomic E-state index is 13.8. The van der Waals surface area contributed by atoms with Crippen LogP contribution < -0.4 is 15.4 Å². The molecule has 2 amide bonds. The standard InChI is InChI=1S/C31H32BrN5O6/c1-31(2,3)43-30(41)35-12-6-5-7-25(36-29(39)40)28(38)37-18-24(23-15-22(32)9-10-26(23)37)21(17-34)14-20-13-19(16-33)8-11-27(20)42-4/h8-11,13-15,18,25,36H,5-7,12H2,1-4H3,(H,35,41)(H,39,40)/b21-14+/t25-/m1/s1. The zero-order valence-corrected chi connectivity index (χ0v) is 25.8. The van der Waals surface area contributed by atoms with Gasteiger partial charge in [-0.15, -0.1) is 0 Å². The minimum Gasteiger partial charge on any atom is -0.496 e. The van der Waals surface area contributed by atoms with Crippen LogP contribution >= 0.6 is 15.9 Å². The molecule has 1 heterocycles. The fourth-order valence-electron chi connectivity index (χ4n) is 4.39. The van der Waals surface area contributed by atoms with Crippen molar-refractivity contribution in [2.24, 2.45) is 0 Å². The first-order valence-electron chi connectivity index (χ1n) is 13.4. The number of alkyl carbamates (subject to hydrolysis) is 1. The number of fused-ring (bicyclic) bond motifs is 1. The van der Waals surface area contributed by atoms with Crippen molar-refractivity contribution in [2.45, 2.75) is 51.7 Å². The molecule has 0 saturated heterocycles. The molecule has 0 aliphatic heterocycles. The molecule has 3 aromatic rings. The molecule has 224 valence electrons. The van der Waals surface area contributed by atoms with Gasteiger partial charge in [-0.05, 0) is 82.5 Å². The Bertz CT molecular complexity index is 1640. The van der Waals surface area contributed by atoms with E-state index < -0.39 is 29.7 Å². The van der Waals surface area contributed by atoms with Gasteiger partial charge in [-0.2, -0.15) is 10.5 Å². The van der Waals surface area contributed by atoms with Gasteiger partial charge in [0.2, 0.25) is 0 Å². The molecule has 1 aromatic heterocycles. The van der Waals surface area contributed by atoms with E-state index in [1.807, 2.05) is 0 Å². The van der Waals surface area contributed by atoms with Crippen molar-refractivity contribution < 1.29 is 29.0 Å². The second-order valence-corrected chi connectivity index (χ2v) is 11.5. The SMILES string of the molecule is COc1ccc(C#N)cc1/C=C(\C#N)c1cn(C(=O)[C@@H](CCCCNC(=O)OC(C)(C)C)NC(=O)O)c2ccc(Br)cc12. The number of nitrogens with one attached hydrogen (secondary N) is 2. The fraction of sp³-hybridized carbons (Fsp3) is 0.323. The summed E-state index contributed by atoms with van der Waals surface area (Å²) in [5.74, 6) is -0.0675. The van der Waals surface area contributed by atoms with Crippen molar-refractivity contribution in [1.29, 1.82) is 10.5 Å². The molecule has 12 heteroatoms. The summed E-state index contributed by atoms with van der Waals surface area (Å²) >= 11 is 3.45. The summed E-state index contributed by atoms with van der Waals surface area (Å²) in [6.45, 7) is 5.57. The number of amides is 2. The highest BCUT2D eigenvalue weighted by atomic mass is 79.9. The summed E-state index contributed by atoms with van der Waals surface area (Å²) in [6, 6.07) is 13.2. The van der Waals surface area contributed by atoms with Crippen LogP contribution in [-0.2, 0) is 4.74 Å². The zero-order chi connectivity index (χ0) is 31.7. The first kappa shape index (κ1) is 32.7. The Morgan fingerprint density at radius 2 is 1.88 bits per heavy atom. The van der Waals surface area contributed by atoms with E-state index in [1.165, 1.54) is 17.9 Å². The van der Waals surface area contributed by atoms with Gasteiger partial charge >= 0.3 is 12.2 Å². The van der Waals surface area contributed by atoms with Crippen LogP contribution in [0.1, 0.15) is 61.5 Å². The summed E-state index contributed by atoms with van der Waals surface area (Å²) in [5.41, 5.74) is 1.38. The van der Waals surface area contributed by atoms with E-state index in [-0.39, 0.29) is 12.0 Å². The molecule has 0 unspecified atom stereocenters. The number of halogens is 1. The molecule has 11 nitrogen and oxygen atoms in total. The van der Waals surface area contributed by atoms with E-state index in [0.717, 1.165) is 0 Å². The van der Waals surface area contributed by atoms with Gasteiger partial charge in [0.05, 0.1) is 35.9 Å². The predicted molar refractivity (Wildman–Crippen MR) is 164 cm³/mol. The Morgan fingerprint density at radius 1 is 1.14 bits per heavy atom. The van der Waals surface area contributed by atoms with Gasteiger partial charge in [-0.25, -0.2) is 9.59 Å². The minimum absolute atomic E-state index is 0.172. The number of benzene rings is 2. The third-order valence-corrected chi connectivity index (χ3v) is 6.75. The number of nitrogens with zero attached hydrogens (tertiary/aromatic N) is 3. The Balaban J connectivity index is 1.93. The monoisotopic (exact) mass is 649 g/mol. The lowest BCUT2D eigenvalue weighted by molar-refractivity contribution is 0.0526. The number of aromatic nitrogens is 1. The van der Waals surface area contributed by atoms with Crippen LogP contribution in [0.3, 0.4) is 0 Å². The molecule has 0 radical (unpaired) electrons. The second-order valence-electron chi connectivity index (χ2n) is 10.6. The average Bonchev–Trinajstić information content (AvgIpc) is 3.31.